The van der Waals surface area contributed by atoms with Crippen LogP contribution in [-0.2, 0) is 14.6 Å². The lowest BCUT2D eigenvalue weighted by molar-refractivity contribution is -0.143. The minimum Gasteiger partial charge on any atom is -0.480 e. The molecular formula is C11H22N2O5S. The summed E-state index contributed by atoms with van der Waals surface area (Å²) in [5, 5.41) is 13.6. The molecule has 0 fully saturated rings. The van der Waals surface area contributed by atoms with Crippen molar-refractivity contribution in [3.05, 3.63) is 0 Å². The van der Waals surface area contributed by atoms with E-state index in [-0.39, 0.29) is 24.5 Å². The third-order valence-corrected chi connectivity index (χ3v) is 4.64. The number of nitrogens with one attached hydrogen (secondary N) is 2. The molecule has 8 heteroatoms. The topological polar surface area (TPSA) is 113 Å². The van der Waals surface area contributed by atoms with Crippen molar-refractivity contribution in [2.45, 2.75) is 39.2 Å². The van der Waals surface area contributed by atoms with Crippen molar-refractivity contribution in [2.75, 3.05) is 18.1 Å². The van der Waals surface area contributed by atoms with Gasteiger partial charge in [0.15, 0.2) is 9.84 Å². The lowest BCUT2D eigenvalue weighted by Gasteiger charge is -2.24. The van der Waals surface area contributed by atoms with Gasteiger partial charge in [0.05, 0.1) is 5.75 Å². The molecule has 0 bridgehead atoms. The zero-order valence-corrected chi connectivity index (χ0v) is 12.3. The summed E-state index contributed by atoms with van der Waals surface area (Å²) in [6, 6.07) is -0.682. The predicted molar refractivity (Wildman–Crippen MR) is 71.8 cm³/mol. The van der Waals surface area contributed by atoms with Crippen molar-refractivity contribution in [3.8, 4) is 0 Å². The molecule has 1 atom stereocenters. The SMILES string of the molecule is CCCS(=O)(=O)CCNC(=O)NC(C)(CC)C(=O)O. The van der Waals surface area contributed by atoms with E-state index in [4.69, 9.17) is 5.11 Å². The van der Waals surface area contributed by atoms with E-state index in [0.29, 0.717) is 6.42 Å². The minimum atomic E-state index is -3.15. The van der Waals surface area contributed by atoms with Crippen LogP contribution in [-0.4, -0.2) is 49.1 Å². The third kappa shape index (κ3) is 6.42. The van der Waals surface area contributed by atoms with Crippen molar-refractivity contribution in [2.24, 2.45) is 0 Å². The monoisotopic (exact) mass is 294 g/mol. The second kappa shape index (κ2) is 7.32. The Bertz CT molecular complexity index is 421. The zero-order valence-electron chi connectivity index (χ0n) is 11.5. The molecule has 0 saturated carbocycles. The average molecular weight is 294 g/mol. The first-order chi connectivity index (χ1) is 8.67. The zero-order chi connectivity index (χ0) is 15.1. The maximum atomic E-state index is 11.5. The molecule has 0 rings (SSSR count). The standard InChI is InChI=1S/C11H22N2O5S/c1-4-7-19(17,18)8-6-12-10(16)13-11(3,5-2)9(14)15/h4-8H2,1-3H3,(H,14,15)(H2,12,13,16). The number of carboxylic acids is 1. The molecule has 3 N–H and O–H groups in total. The third-order valence-electron chi connectivity index (χ3n) is 2.78. The van der Waals surface area contributed by atoms with Gasteiger partial charge in [0.1, 0.15) is 5.54 Å². The molecule has 0 aliphatic carbocycles. The fourth-order valence-electron chi connectivity index (χ4n) is 1.32. The Morgan fingerprint density at radius 2 is 1.79 bits per heavy atom. The Labute approximate surface area is 113 Å². The fraction of sp³-hybridized carbons (Fsp3) is 0.818. The number of carbonyl (C=O) groups is 2. The summed E-state index contributed by atoms with van der Waals surface area (Å²) in [6.07, 6.45) is 0.755. The average Bonchev–Trinajstić information content (AvgIpc) is 2.27. The van der Waals surface area contributed by atoms with Crippen LogP contribution in [0.15, 0.2) is 0 Å². The maximum absolute atomic E-state index is 11.5. The van der Waals surface area contributed by atoms with E-state index in [0.717, 1.165) is 0 Å². The Hall–Kier alpha value is -1.31. The van der Waals surface area contributed by atoms with Crippen LogP contribution in [0.4, 0.5) is 4.79 Å². The van der Waals surface area contributed by atoms with Gasteiger partial charge in [0.25, 0.3) is 0 Å². The number of carboxylic acid groups (broad SMARTS) is 1. The van der Waals surface area contributed by atoms with E-state index < -0.39 is 27.4 Å². The van der Waals surface area contributed by atoms with E-state index in [9.17, 15) is 18.0 Å². The van der Waals surface area contributed by atoms with E-state index in [2.05, 4.69) is 10.6 Å². The van der Waals surface area contributed by atoms with Gasteiger partial charge >= 0.3 is 12.0 Å². The molecule has 19 heavy (non-hydrogen) atoms. The second-order valence-corrected chi connectivity index (χ2v) is 6.83. The van der Waals surface area contributed by atoms with Crippen molar-refractivity contribution < 1.29 is 23.1 Å². The van der Waals surface area contributed by atoms with Crippen LogP contribution in [0.2, 0.25) is 0 Å². The van der Waals surface area contributed by atoms with E-state index in [1.807, 2.05) is 0 Å². The van der Waals surface area contributed by atoms with Crippen LogP contribution in [0.1, 0.15) is 33.6 Å². The van der Waals surface area contributed by atoms with Crippen LogP contribution in [0.3, 0.4) is 0 Å². The summed E-state index contributed by atoms with van der Waals surface area (Å²) < 4.78 is 22.8. The number of amides is 2. The molecule has 7 nitrogen and oxygen atoms in total. The van der Waals surface area contributed by atoms with E-state index in [1.165, 1.54) is 6.92 Å². The molecule has 0 aliphatic heterocycles. The molecule has 0 saturated heterocycles. The molecule has 0 radical (unpaired) electrons. The molecule has 2 amide bonds. The number of carbonyl (C=O) groups excluding carboxylic acids is 1. The largest absolute Gasteiger partial charge is 0.480 e. The summed E-state index contributed by atoms with van der Waals surface area (Å²) >= 11 is 0. The number of aliphatic carboxylic acids is 1. The Morgan fingerprint density at radius 1 is 1.21 bits per heavy atom. The highest BCUT2D eigenvalue weighted by Crippen LogP contribution is 2.08. The second-order valence-electron chi connectivity index (χ2n) is 4.52. The maximum Gasteiger partial charge on any atom is 0.329 e. The van der Waals surface area contributed by atoms with Crippen molar-refractivity contribution >= 4 is 21.8 Å². The Kier molecular flexibility index (Phi) is 6.82. The van der Waals surface area contributed by atoms with Crippen molar-refractivity contribution in [1.82, 2.24) is 10.6 Å². The van der Waals surface area contributed by atoms with Gasteiger partial charge in [-0.15, -0.1) is 0 Å². The Balaban J connectivity index is 4.24. The molecule has 0 aromatic carbocycles. The highest BCUT2D eigenvalue weighted by atomic mass is 32.2. The van der Waals surface area contributed by atoms with Crippen LogP contribution in [0, 0.1) is 0 Å². The summed E-state index contributed by atoms with van der Waals surface area (Å²) in [4.78, 5) is 22.5. The van der Waals surface area contributed by atoms with Crippen LogP contribution >= 0.6 is 0 Å². The number of sulfone groups is 1. The normalized spacial score (nSPS) is 14.5. The van der Waals surface area contributed by atoms with Crippen LogP contribution < -0.4 is 10.6 Å². The molecule has 112 valence electrons. The van der Waals surface area contributed by atoms with Crippen molar-refractivity contribution in [3.63, 3.8) is 0 Å². The highest BCUT2D eigenvalue weighted by molar-refractivity contribution is 7.91. The molecular weight excluding hydrogens is 272 g/mol. The van der Waals surface area contributed by atoms with Crippen LogP contribution in [0.25, 0.3) is 0 Å². The number of hydrogen-bond donors (Lipinski definition) is 3. The first-order valence-corrected chi connectivity index (χ1v) is 7.99. The molecule has 0 spiro atoms. The molecule has 0 heterocycles. The number of urea groups is 1. The fourth-order valence-corrected chi connectivity index (χ4v) is 2.56. The predicted octanol–water partition coefficient (Wildman–Crippen LogP) is 0.364. The number of hydrogen-bond acceptors (Lipinski definition) is 4. The van der Waals surface area contributed by atoms with Gasteiger partial charge in [0.2, 0.25) is 0 Å². The number of rotatable bonds is 8. The van der Waals surface area contributed by atoms with Gasteiger partial charge in [-0.3, -0.25) is 0 Å². The summed E-state index contributed by atoms with van der Waals surface area (Å²) in [7, 11) is -3.15. The summed E-state index contributed by atoms with van der Waals surface area (Å²) in [6.45, 7) is 4.76. The minimum absolute atomic E-state index is 0.0341. The molecule has 0 aliphatic rings. The van der Waals surface area contributed by atoms with E-state index >= 15 is 0 Å². The van der Waals surface area contributed by atoms with Gasteiger partial charge in [0, 0.05) is 12.3 Å². The summed E-state index contributed by atoms with van der Waals surface area (Å²) in [5.74, 6) is -1.20. The van der Waals surface area contributed by atoms with Crippen molar-refractivity contribution in [1.29, 1.82) is 0 Å². The van der Waals surface area contributed by atoms with Crippen LogP contribution in [0.5, 0.6) is 0 Å². The van der Waals surface area contributed by atoms with Gasteiger partial charge in [-0.1, -0.05) is 13.8 Å². The van der Waals surface area contributed by atoms with E-state index in [1.54, 1.807) is 13.8 Å². The first kappa shape index (κ1) is 17.7. The molecule has 1 unspecified atom stereocenters. The summed E-state index contributed by atoms with van der Waals surface area (Å²) in [5.41, 5.74) is -1.35. The van der Waals surface area contributed by atoms with Gasteiger partial charge in [-0.2, -0.15) is 0 Å². The van der Waals surface area contributed by atoms with Gasteiger partial charge < -0.3 is 15.7 Å². The van der Waals surface area contributed by atoms with Gasteiger partial charge in [-0.05, 0) is 19.8 Å². The lowest BCUT2D eigenvalue weighted by Crippen LogP contribution is -2.55. The molecule has 0 aromatic rings. The molecule has 0 aromatic heterocycles. The first-order valence-electron chi connectivity index (χ1n) is 6.16. The quantitative estimate of drug-likeness (QED) is 0.598. The van der Waals surface area contributed by atoms with Gasteiger partial charge in [-0.25, -0.2) is 18.0 Å². The smallest absolute Gasteiger partial charge is 0.329 e. The lowest BCUT2D eigenvalue weighted by atomic mass is 10.00. The Morgan fingerprint density at radius 3 is 2.21 bits per heavy atom. The highest BCUT2D eigenvalue weighted by Gasteiger charge is 2.32.